The zero-order chi connectivity index (χ0) is 22.0. The molecule has 0 aliphatic rings. The van der Waals surface area contributed by atoms with Crippen molar-refractivity contribution >= 4 is 16.9 Å². The second-order valence-electron chi connectivity index (χ2n) is 7.61. The Hall–Kier alpha value is -3.48. The van der Waals surface area contributed by atoms with E-state index in [1.165, 1.54) is 13.2 Å². The van der Waals surface area contributed by atoms with Gasteiger partial charge in [-0.3, -0.25) is 9.59 Å². The van der Waals surface area contributed by atoms with Crippen LogP contribution in [0.15, 0.2) is 45.6 Å². The molecule has 0 saturated heterocycles. The van der Waals surface area contributed by atoms with E-state index in [4.69, 9.17) is 9.15 Å². The van der Waals surface area contributed by atoms with E-state index in [2.05, 4.69) is 0 Å². The Bertz CT molecular complexity index is 1130. The molecule has 1 aromatic heterocycles. The number of ether oxygens (including phenoxy) is 1. The van der Waals surface area contributed by atoms with E-state index >= 15 is 0 Å². The van der Waals surface area contributed by atoms with Crippen molar-refractivity contribution in [1.29, 1.82) is 0 Å². The highest BCUT2D eigenvalue weighted by molar-refractivity contribution is 5.93. The van der Waals surface area contributed by atoms with Gasteiger partial charge in [-0.15, -0.1) is 0 Å². The second kappa shape index (κ2) is 8.49. The van der Waals surface area contributed by atoms with Crippen molar-refractivity contribution < 1.29 is 29.3 Å². The molecule has 0 aliphatic carbocycles. The maximum absolute atomic E-state index is 12.8. The molecule has 1 atom stereocenters. The number of phenolic OH excluding ortho intramolecular Hbond substituents is 3. The van der Waals surface area contributed by atoms with Gasteiger partial charge >= 0.3 is 5.97 Å². The Morgan fingerprint density at radius 2 is 1.73 bits per heavy atom. The Kier molecular flexibility index (Phi) is 6.01. The number of phenols is 3. The van der Waals surface area contributed by atoms with Gasteiger partial charge in [-0.2, -0.15) is 0 Å². The molecule has 0 saturated carbocycles. The SMILES string of the molecule is COC(=O)C[C@@H](CC(C)C)c1c(O)c(O)c(O)c2c(=O)cc(-c3ccccc3)oc12. The lowest BCUT2D eigenvalue weighted by Crippen LogP contribution is -2.13. The third kappa shape index (κ3) is 3.96. The number of fused-ring (bicyclic) bond motifs is 1. The standard InChI is InChI=1S/C23H24O7/c1-12(2)9-14(10-17(25)29-3)18-20(26)22(28)21(27)19-15(24)11-16(30-23(18)19)13-7-5-4-6-8-13/h4-8,11-12,14,26-28H,9-10H2,1-3H3/t14-/m1/s1. The number of rotatable bonds is 6. The lowest BCUT2D eigenvalue weighted by Gasteiger charge is -2.22. The van der Waals surface area contributed by atoms with Crippen LogP contribution in [0.5, 0.6) is 17.2 Å². The summed E-state index contributed by atoms with van der Waals surface area (Å²) in [5, 5.41) is 31.0. The fraction of sp³-hybridized carbons (Fsp3) is 0.304. The Balaban J connectivity index is 2.37. The molecule has 0 unspecified atom stereocenters. The highest BCUT2D eigenvalue weighted by atomic mass is 16.5. The van der Waals surface area contributed by atoms with E-state index in [0.717, 1.165) is 0 Å². The Morgan fingerprint density at radius 3 is 2.33 bits per heavy atom. The van der Waals surface area contributed by atoms with E-state index in [0.29, 0.717) is 12.0 Å². The van der Waals surface area contributed by atoms with Crippen LogP contribution in [0, 0.1) is 5.92 Å². The number of aromatic hydroxyl groups is 3. The Labute approximate surface area is 173 Å². The van der Waals surface area contributed by atoms with Gasteiger partial charge in [-0.1, -0.05) is 44.2 Å². The monoisotopic (exact) mass is 412 g/mol. The van der Waals surface area contributed by atoms with Crippen molar-refractivity contribution in [2.75, 3.05) is 7.11 Å². The van der Waals surface area contributed by atoms with Crippen LogP contribution in [-0.2, 0) is 9.53 Å². The normalized spacial score (nSPS) is 12.3. The van der Waals surface area contributed by atoms with Crippen molar-refractivity contribution in [3.8, 4) is 28.6 Å². The summed E-state index contributed by atoms with van der Waals surface area (Å²) in [6.07, 6.45) is 0.349. The minimum Gasteiger partial charge on any atom is -0.504 e. The smallest absolute Gasteiger partial charge is 0.306 e. The lowest BCUT2D eigenvalue weighted by molar-refractivity contribution is -0.141. The second-order valence-corrected chi connectivity index (χ2v) is 7.61. The summed E-state index contributed by atoms with van der Waals surface area (Å²) in [5.74, 6) is -2.97. The van der Waals surface area contributed by atoms with Gasteiger partial charge in [0.1, 0.15) is 16.7 Å². The predicted octanol–water partition coefficient (Wildman–Crippen LogP) is 4.27. The third-order valence-corrected chi connectivity index (χ3v) is 5.00. The lowest BCUT2D eigenvalue weighted by atomic mass is 9.85. The summed E-state index contributed by atoms with van der Waals surface area (Å²) in [6, 6.07) is 10.1. The highest BCUT2D eigenvalue weighted by Crippen LogP contribution is 2.49. The molecule has 0 spiro atoms. The third-order valence-electron chi connectivity index (χ3n) is 5.00. The van der Waals surface area contributed by atoms with Gasteiger partial charge in [0.2, 0.25) is 5.75 Å². The van der Waals surface area contributed by atoms with Crippen molar-refractivity contribution in [1.82, 2.24) is 0 Å². The van der Waals surface area contributed by atoms with E-state index in [-0.39, 0.29) is 34.6 Å². The molecule has 0 fully saturated rings. The molecule has 7 nitrogen and oxygen atoms in total. The van der Waals surface area contributed by atoms with E-state index in [1.807, 2.05) is 19.9 Å². The quantitative estimate of drug-likeness (QED) is 0.409. The first kappa shape index (κ1) is 21.2. The van der Waals surface area contributed by atoms with Crippen LogP contribution in [0.2, 0.25) is 0 Å². The molecule has 0 bridgehead atoms. The largest absolute Gasteiger partial charge is 0.504 e. The first-order valence-electron chi connectivity index (χ1n) is 9.61. The molecule has 3 N–H and O–H groups in total. The maximum atomic E-state index is 12.8. The summed E-state index contributed by atoms with van der Waals surface area (Å²) < 4.78 is 10.8. The predicted molar refractivity (Wildman–Crippen MR) is 112 cm³/mol. The van der Waals surface area contributed by atoms with Crippen LogP contribution in [0.3, 0.4) is 0 Å². The number of carbonyl (C=O) groups excluding carboxylic acids is 1. The van der Waals surface area contributed by atoms with Gasteiger partial charge in [0, 0.05) is 23.1 Å². The van der Waals surface area contributed by atoms with Crippen molar-refractivity contribution in [3.63, 3.8) is 0 Å². The number of hydrogen-bond donors (Lipinski definition) is 3. The Morgan fingerprint density at radius 1 is 1.07 bits per heavy atom. The number of carbonyl (C=O) groups is 1. The van der Waals surface area contributed by atoms with Gasteiger partial charge in [-0.25, -0.2) is 0 Å². The van der Waals surface area contributed by atoms with Gasteiger partial charge in [-0.05, 0) is 12.3 Å². The number of methoxy groups -OCH3 is 1. The summed E-state index contributed by atoms with van der Waals surface area (Å²) in [6.45, 7) is 3.88. The van der Waals surface area contributed by atoms with E-state index < -0.39 is 34.6 Å². The fourth-order valence-electron chi connectivity index (χ4n) is 3.65. The highest BCUT2D eigenvalue weighted by Gasteiger charge is 2.30. The van der Waals surface area contributed by atoms with Crippen LogP contribution < -0.4 is 5.43 Å². The van der Waals surface area contributed by atoms with E-state index in [1.54, 1.807) is 24.3 Å². The summed E-state index contributed by atoms with van der Waals surface area (Å²) in [5.41, 5.74) is 0.0754. The molecule has 0 radical (unpaired) electrons. The molecule has 158 valence electrons. The van der Waals surface area contributed by atoms with Crippen LogP contribution >= 0.6 is 0 Å². The summed E-state index contributed by atoms with van der Waals surface area (Å²) in [7, 11) is 1.26. The molecule has 1 heterocycles. The molecule has 0 amide bonds. The molecule has 2 aromatic carbocycles. The minimum atomic E-state index is -0.823. The fourth-order valence-corrected chi connectivity index (χ4v) is 3.65. The molecular formula is C23H24O7. The average Bonchev–Trinajstić information content (AvgIpc) is 2.71. The van der Waals surface area contributed by atoms with Crippen LogP contribution in [0.1, 0.15) is 38.2 Å². The molecule has 3 rings (SSSR count). The number of esters is 1. The first-order valence-corrected chi connectivity index (χ1v) is 9.61. The topological polar surface area (TPSA) is 117 Å². The van der Waals surface area contributed by atoms with Crippen molar-refractivity contribution in [3.05, 3.63) is 52.2 Å². The number of benzene rings is 2. The van der Waals surface area contributed by atoms with Crippen LogP contribution in [-0.4, -0.2) is 28.4 Å². The molecular weight excluding hydrogens is 388 g/mol. The van der Waals surface area contributed by atoms with Gasteiger partial charge in [0.05, 0.1) is 13.5 Å². The van der Waals surface area contributed by atoms with Gasteiger partial charge in [0.25, 0.3) is 0 Å². The van der Waals surface area contributed by atoms with Crippen LogP contribution in [0.25, 0.3) is 22.3 Å². The summed E-state index contributed by atoms with van der Waals surface area (Å²) in [4.78, 5) is 24.9. The van der Waals surface area contributed by atoms with Crippen LogP contribution in [0.4, 0.5) is 0 Å². The summed E-state index contributed by atoms with van der Waals surface area (Å²) >= 11 is 0. The van der Waals surface area contributed by atoms with Gasteiger partial charge < -0.3 is 24.5 Å². The zero-order valence-corrected chi connectivity index (χ0v) is 17.0. The van der Waals surface area contributed by atoms with Crippen molar-refractivity contribution in [2.45, 2.75) is 32.6 Å². The molecule has 0 aliphatic heterocycles. The first-order chi connectivity index (χ1) is 14.2. The van der Waals surface area contributed by atoms with Gasteiger partial charge in [0.15, 0.2) is 16.9 Å². The molecule has 3 aromatic rings. The molecule has 7 heteroatoms. The minimum absolute atomic E-state index is 0.0660. The van der Waals surface area contributed by atoms with Crippen molar-refractivity contribution in [2.24, 2.45) is 5.92 Å². The maximum Gasteiger partial charge on any atom is 0.306 e. The molecule has 30 heavy (non-hydrogen) atoms. The zero-order valence-electron chi connectivity index (χ0n) is 17.0. The average molecular weight is 412 g/mol. The van der Waals surface area contributed by atoms with E-state index in [9.17, 15) is 24.9 Å². The number of hydrogen-bond acceptors (Lipinski definition) is 7.